The number of hydrogen-bond donors (Lipinski definition) is 4. The average Bonchev–Trinajstić information content (AvgIpc) is 3.32. The highest BCUT2D eigenvalue weighted by atomic mass is 79.9. The van der Waals surface area contributed by atoms with E-state index >= 15 is 0 Å². The van der Waals surface area contributed by atoms with Crippen LogP contribution in [0.4, 0.5) is 11.6 Å². The standard InChI is InChI=1S/C12H13N3O.C11H10BrN3O/c1-3-4-11(16)13-12-9-7-8(2)5-6-10(9)14-15-12;1-2-3-10(16)13-11-8-5-4-7(12)6-9(8)14-15-11/h3-7H,1-2H3,(H2,13,14,15,16);2-6H,1H3,(H2,13,14,15,16)/b4-3+;3-2-. The molecule has 0 aliphatic heterocycles. The van der Waals surface area contributed by atoms with Crippen LogP contribution < -0.4 is 10.6 Å². The Morgan fingerprint density at radius 2 is 1.44 bits per heavy atom. The first kappa shape index (κ1) is 23.0. The number of carbonyl (C=O) groups is 2. The fourth-order valence-corrected chi connectivity index (χ4v) is 3.29. The SMILES string of the molecule is C/C=C/C(=O)Nc1n[nH]c2ccc(C)cc12.C/C=C\C(=O)Nc1n[nH]c2cc(Br)ccc12. The van der Waals surface area contributed by atoms with Crippen molar-refractivity contribution in [2.45, 2.75) is 20.8 Å². The van der Waals surface area contributed by atoms with Gasteiger partial charge in [0.2, 0.25) is 11.8 Å². The monoisotopic (exact) mass is 494 g/mol. The number of aryl methyl sites for hydroxylation is 1. The molecule has 0 atom stereocenters. The first-order chi connectivity index (χ1) is 15.4. The molecule has 8 nitrogen and oxygen atoms in total. The lowest BCUT2D eigenvalue weighted by Gasteiger charge is -1.98. The van der Waals surface area contributed by atoms with Crippen LogP contribution in [0.2, 0.25) is 0 Å². The molecule has 0 unspecified atom stereocenters. The first-order valence-electron chi connectivity index (χ1n) is 9.87. The van der Waals surface area contributed by atoms with Crippen LogP contribution in [-0.2, 0) is 9.59 Å². The lowest BCUT2D eigenvalue weighted by molar-refractivity contribution is -0.112. The predicted octanol–water partition coefficient (Wildman–Crippen LogP) is 5.23. The summed E-state index contributed by atoms with van der Waals surface area (Å²) >= 11 is 3.37. The number of amides is 2. The van der Waals surface area contributed by atoms with Gasteiger partial charge in [-0.15, -0.1) is 0 Å². The Hall–Kier alpha value is -3.72. The van der Waals surface area contributed by atoms with Gasteiger partial charge in [0.25, 0.3) is 0 Å². The summed E-state index contributed by atoms with van der Waals surface area (Å²) in [6.07, 6.45) is 6.30. The number of anilines is 2. The number of aromatic nitrogens is 4. The van der Waals surface area contributed by atoms with Crippen molar-refractivity contribution < 1.29 is 9.59 Å². The van der Waals surface area contributed by atoms with Gasteiger partial charge in [-0.3, -0.25) is 19.8 Å². The average molecular weight is 495 g/mol. The highest BCUT2D eigenvalue weighted by Crippen LogP contribution is 2.24. The van der Waals surface area contributed by atoms with E-state index in [9.17, 15) is 9.59 Å². The van der Waals surface area contributed by atoms with Crippen molar-refractivity contribution in [1.29, 1.82) is 0 Å². The smallest absolute Gasteiger partial charge is 0.249 e. The number of rotatable bonds is 4. The number of H-pyrrole nitrogens is 2. The van der Waals surface area contributed by atoms with Gasteiger partial charge in [-0.2, -0.15) is 10.2 Å². The molecular weight excluding hydrogens is 472 g/mol. The van der Waals surface area contributed by atoms with Crippen LogP contribution in [0.1, 0.15) is 19.4 Å². The summed E-state index contributed by atoms with van der Waals surface area (Å²) in [6, 6.07) is 11.6. The summed E-state index contributed by atoms with van der Waals surface area (Å²) in [4.78, 5) is 22.7. The molecule has 2 heterocycles. The minimum atomic E-state index is -0.182. The molecule has 4 aromatic rings. The molecule has 0 aliphatic rings. The van der Waals surface area contributed by atoms with Gasteiger partial charge < -0.3 is 10.6 Å². The van der Waals surface area contributed by atoms with Crippen molar-refractivity contribution in [2.75, 3.05) is 10.6 Å². The minimum Gasteiger partial charge on any atom is -0.305 e. The fourth-order valence-electron chi connectivity index (χ4n) is 2.93. The second-order valence-corrected chi connectivity index (χ2v) is 7.78. The van der Waals surface area contributed by atoms with E-state index in [1.807, 2.05) is 43.3 Å². The lowest BCUT2D eigenvalue weighted by atomic mass is 10.2. The van der Waals surface area contributed by atoms with Crippen LogP contribution >= 0.6 is 15.9 Å². The van der Waals surface area contributed by atoms with Crippen LogP contribution in [0.25, 0.3) is 21.8 Å². The molecule has 0 saturated carbocycles. The van der Waals surface area contributed by atoms with Gasteiger partial charge in [0.1, 0.15) is 0 Å². The van der Waals surface area contributed by atoms with Crippen molar-refractivity contribution >= 4 is 61.2 Å². The number of nitrogens with one attached hydrogen (secondary N) is 4. The Kier molecular flexibility index (Phi) is 7.56. The molecule has 2 amide bonds. The molecule has 0 radical (unpaired) electrons. The number of allylic oxidation sites excluding steroid dienone is 2. The molecule has 4 rings (SSSR count). The maximum Gasteiger partial charge on any atom is 0.249 e. The van der Waals surface area contributed by atoms with E-state index in [2.05, 4.69) is 47.0 Å². The van der Waals surface area contributed by atoms with Crippen LogP contribution in [0.5, 0.6) is 0 Å². The second kappa shape index (κ2) is 10.5. The summed E-state index contributed by atoms with van der Waals surface area (Å²) in [5.74, 6) is 0.767. The van der Waals surface area contributed by atoms with Gasteiger partial charge in [-0.05, 0) is 63.3 Å². The number of hydrogen-bond acceptors (Lipinski definition) is 4. The molecule has 9 heteroatoms. The zero-order valence-electron chi connectivity index (χ0n) is 17.9. The van der Waals surface area contributed by atoms with Crippen LogP contribution in [0, 0.1) is 6.92 Å². The number of benzene rings is 2. The second-order valence-electron chi connectivity index (χ2n) is 6.86. The number of halogens is 1. The molecule has 164 valence electrons. The van der Waals surface area contributed by atoms with E-state index < -0.39 is 0 Å². The van der Waals surface area contributed by atoms with Crippen LogP contribution in [0.15, 0.2) is 65.2 Å². The van der Waals surface area contributed by atoms with Crippen molar-refractivity contribution in [1.82, 2.24) is 20.4 Å². The Balaban J connectivity index is 0.000000181. The first-order valence-corrected chi connectivity index (χ1v) is 10.7. The Labute approximate surface area is 193 Å². The summed E-state index contributed by atoms with van der Waals surface area (Å²) in [5.41, 5.74) is 2.93. The Morgan fingerprint density at radius 1 is 0.844 bits per heavy atom. The topological polar surface area (TPSA) is 116 Å². The van der Waals surface area contributed by atoms with Gasteiger partial charge in [0.05, 0.1) is 11.0 Å². The third-order valence-corrected chi connectivity index (χ3v) is 4.86. The van der Waals surface area contributed by atoms with Gasteiger partial charge in [0, 0.05) is 15.2 Å². The molecular formula is C23H23BrN6O2. The molecule has 0 saturated heterocycles. The Bertz CT molecular complexity index is 1320. The molecule has 4 N–H and O–H groups in total. The van der Waals surface area contributed by atoms with E-state index in [0.29, 0.717) is 11.6 Å². The molecule has 2 aromatic carbocycles. The molecule has 2 aromatic heterocycles. The third-order valence-electron chi connectivity index (χ3n) is 4.36. The van der Waals surface area contributed by atoms with Crippen molar-refractivity contribution in [2.24, 2.45) is 0 Å². The zero-order valence-corrected chi connectivity index (χ0v) is 19.4. The van der Waals surface area contributed by atoms with E-state index in [1.54, 1.807) is 26.0 Å². The number of nitrogens with zero attached hydrogens (tertiary/aromatic N) is 2. The zero-order chi connectivity index (χ0) is 23.1. The molecule has 0 aliphatic carbocycles. The Morgan fingerprint density at radius 3 is 2.06 bits per heavy atom. The van der Waals surface area contributed by atoms with E-state index in [0.717, 1.165) is 31.8 Å². The van der Waals surface area contributed by atoms with E-state index in [-0.39, 0.29) is 11.8 Å². The van der Waals surface area contributed by atoms with Gasteiger partial charge in [-0.1, -0.05) is 39.7 Å². The predicted molar refractivity (Wildman–Crippen MR) is 132 cm³/mol. The summed E-state index contributed by atoms with van der Waals surface area (Å²) in [5, 5.41) is 21.1. The largest absolute Gasteiger partial charge is 0.305 e. The quantitative estimate of drug-likeness (QED) is 0.290. The van der Waals surface area contributed by atoms with E-state index in [4.69, 9.17) is 0 Å². The molecule has 0 fully saturated rings. The lowest BCUT2D eigenvalue weighted by Crippen LogP contribution is -2.08. The fraction of sp³-hybridized carbons (Fsp3) is 0.130. The van der Waals surface area contributed by atoms with Gasteiger partial charge in [0.15, 0.2) is 11.6 Å². The van der Waals surface area contributed by atoms with Crippen molar-refractivity contribution in [3.63, 3.8) is 0 Å². The minimum absolute atomic E-state index is 0.169. The van der Waals surface area contributed by atoms with E-state index in [1.165, 1.54) is 12.2 Å². The summed E-state index contributed by atoms with van der Waals surface area (Å²) in [6.45, 7) is 5.59. The normalized spacial score (nSPS) is 11.1. The van der Waals surface area contributed by atoms with Crippen LogP contribution in [0.3, 0.4) is 0 Å². The maximum atomic E-state index is 11.4. The van der Waals surface area contributed by atoms with Gasteiger partial charge in [-0.25, -0.2) is 0 Å². The van der Waals surface area contributed by atoms with Crippen LogP contribution in [-0.4, -0.2) is 32.2 Å². The highest BCUT2D eigenvalue weighted by Gasteiger charge is 2.08. The molecule has 32 heavy (non-hydrogen) atoms. The molecule has 0 bridgehead atoms. The number of carbonyl (C=O) groups excluding carboxylic acids is 2. The van der Waals surface area contributed by atoms with Gasteiger partial charge >= 0.3 is 0 Å². The summed E-state index contributed by atoms with van der Waals surface area (Å²) < 4.78 is 0.968. The molecule has 0 spiro atoms. The van der Waals surface area contributed by atoms with Crippen molar-refractivity contribution in [3.8, 4) is 0 Å². The third kappa shape index (κ3) is 5.70. The highest BCUT2D eigenvalue weighted by molar-refractivity contribution is 9.10. The summed E-state index contributed by atoms with van der Waals surface area (Å²) in [7, 11) is 0. The maximum absolute atomic E-state index is 11.4. The number of fused-ring (bicyclic) bond motifs is 2. The number of aromatic amines is 2. The van der Waals surface area contributed by atoms with Crippen molar-refractivity contribution in [3.05, 3.63) is 70.7 Å².